The fourth-order valence-electron chi connectivity index (χ4n) is 3.90. The minimum Gasteiger partial charge on any atom is -0.497 e. The van der Waals surface area contributed by atoms with Gasteiger partial charge in [-0.15, -0.1) is 0 Å². The number of benzene rings is 2. The van der Waals surface area contributed by atoms with Gasteiger partial charge in [0.25, 0.3) is 5.69 Å². The molecule has 7 heteroatoms. The summed E-state index contributed by atoms with van der Waals surface area (Å²) in [4.78, 5) is 23.4. The Balaban J connectivity index is 0.000000420. The van der Waals surface area contributed by atoms with E-state index in [0.717, 1.165) is 36.4 Å². The third kappa shape index (κ3) is 12.9. The molecule has 0 radical (unpaired) electrons. The molecule has 2 rings (SSSR count). The molecule has 0 aliphatic heterocycles. The Morgan fingerprint density at radius 3 is 1.89 bits per heavy atom. The Labute approximate surface area is 229 Å². The highest BCUT2D eigenvalue weighted by atomic mass is 16.6. The predicted octanol–water partition coefficient (Wildman–Crippen LogP) is 8.09. The lowest BCUT2D eigenvalue weighted by atomic mass is 10.0. The van der Waals surface area contributed by atoms with Crippen LogP contribution >= 0.6 is 0 Å². The van der Waals surface area contributed by atoms with E-state index < -0.39 is 0 Å². The van der Waals surface area contributed by atoms with Crippen molar-refractivity contribution in [3.8, 4) is 5.75 Å². The summed E-state index contributed by atoms with van der Waals surface area (Å²) in [5.41, 5.74) is 2.53. The van der Waals surface area contributed by atoms with Crippen molar-refractivity contribution in [1.82, 2.24) is 4.90 Å². The summed E-state index contributed by atoms with van der Waals surface area (Å²) in [6.07, 6.45) is 14.5. The fraction of sp³-hybridized carbons (Fsp3) is 0.516. The van der Waals surface area contributed by atoms with Gasteiger partial charge in [0.15, 0.2) is 0 Å². The van der Waals surface area contributed by atoms with Gasteiger partial charge < -0.3 is 14.4 Å². The van der Waals surface area contributed by atoms with E-state index in [1.54, 1.807) is 26.2 Å². The number of amides is 1. The summed E-state index contributed by atoms with van der Waals surface area (Å²) in [7, 11) is 3.16. The molecule has 0 fully saturated rings. The maximum Gasteiger partial charge on any atom is 0.275 e. The summed E-state index contributed by atoms with van der Waals surface area (Å²) in [5.74, 6) is 0.800. The first-order chi connectivity index (χ1) is 18.4. The van der Waals surface area contributed by atoms with Crippen molar-refractivity contribution in [3.05, 3.63) is 69.3 Å². The van der Waals surface area contributed by atoms with Gasteiger partial charge in [-0.25, -0.2) is 0 Å². The Morgan fingerprint density at radius 1 is 0.868 bits per heavy atom. The molecule has 0 aromatic heterocycles. The normalized spacial score (nSPS) is 11.5. The highest BCUT2D eigenvalue weighted by Crippen LogP contribution is 2.28. The van der Waals surface area contributed by atoms with Crippen LogP contribution in [0.3, 0.4) is 0 Å². The average molecular weight is 527 g/mol. The molecule has 1 unspecified atom stereocenters. The fourth-order valence-corrected chi connectivity index (χ4v) is 3.90. The number of nitro groups is 1. The lowest BCUT2D eigenvalue weighted by Gasteiger charge is -2.16. The quantitative estimate of drug-likeness (QED) is 0.0684. The molecule has 7 nitrogen and oxygen atoms in total. The number of carbonyl (C=O) groups excluding carboxylic acids is 1. The van der Waals surface area contributed by atoms with Crippen LogP contribution in [0.5, 0.6) is 5.75 Å². The van der Waals surface area contributed by atoms with Crippen molar-refractivity contribution in [2.45, 2.75) is 78.2 Å². The second kappa shape index (κ2) is 19.9. The van der Waals surface area contributed by atoms with Crippen LogP contribution in [-0.4, -0.2) is 43.5 Å². The summed E-state index contributed by atoms with van der Waals surface area (Å²) < 4.78 is 10.3. The molecule has 0 saturated carbocycles. The number of ether oxygens (including phenoxy) is 2. The third-order valence-corrected chi connectivity index (χ3v) is 6.37. The van der Waals surface area contributed by atoms with Gasteiger partial charge >= 0.3 is 0 Å². The molecule has 38 heavy (non-hydrogen) atoms. The molecule has 210 valence electrons. The maximum atomic E-state index is 11.1. The van der Waals surface area contributed by atoms with Gasteiger partial charge in [0.1, 0.15) is 5.75 Å². The van der Waals surface area contributed by atoms with Gasteiger partial charge in [-0.05, 0) is 55.2 Å². The number of nitro benzene ring substituents is 1. The lowest BCUT2D eigenvalue weighted by molar-refractivity contribution is -0.386. The molecule has 0 saturated heterocycles. The first-order valence-electron chi connectivity index (χ1n) is 13.7. The van der Waals surface area contributed by atoms with Crippen LogP contribution in [0.4, 0.5) is 5.69 Å². The van der Waals surface area contributed by atoms with Crippen LogP contribution in [0.1, 0.15) is 94.9 Å². The molecule has 0 aliphatic carbocycles. The number of hydrogen-bond donors (Lipinski definition) is 0. The highest BCUT2D eigenvalue weighted by Gasteiger charge is 2.18. The number of methoxy groups -OCH3 is 2. The zero-order valence-electron chi connectivity index (χ0n) is 23.9. The smallest absolute Gasteiger partial charge is 0.275 e. The van der Waals surface area contributed by atoms with Crippen LogP contribution in [0, 0.1) is 10.1 Å². The molecule has 0 bridgehead atoms. The second-order valence-electron chi connectivity index (χ2n) is 9.32. The zero-order valence-corrected chi connectivity index (χ0v) is 23.9. The van der Waals surface area contributed by atoms with Crippen molar-refractivity contribution < 1.29 is 19.2 Å². The van der Waals surface area contributed by atoms with Gasteiger partial charge in [-0.1, -0.05) is 76.7 Å². The van der Waals surface area contributed by atoms with Gasteiger partial charge in [0, 0.05) is 26.3 Å². The topological polar surface area (TPSA) is 81.9 Å². The molecule has 2 aromatic carbocycles. The molecule has 2 aromatic rings. The Bertz CT molecular complexity index is 947. The summed E-state index contributed by atoms with van der Waals surface area (Å²) in [6.45, 7) is 8.12. The molecular weight excluding hydrogens is 480 g/mol. The first-order valence-corrected chi connectivity index (χ1v) is 13.7. The largest absolute Gasteiger partial charge is 0.497 e. The van der Waals surface area contributed by atoms with E-state index in [1.807, 2.05) is 41.3 Å². The van der Waals surface area contributed by atoms with Crippen molar-refractivity contribution in [2.75, 3.05) is 27.3 Å². The van der Waals surface area contributed by atoms with E-state index in [4.69, 9.17) is 9.47 Å². The van der Waals surface area contributed by atoms with E-state index in [-0.39, 0.29) is 16.7 Å². The Hall–Kier alpha value is -3.19. The van der Waals surface area contributed by atoms with Crippen molar-refractivity contribution >= 4 is 24.2 Å². The SMILES string of the molecule is CCCCCCN(C=O)CCCCCC.COc1ccc(/C=C/c2ccc([N+](=O)[O-])c(C(C)OC)c2)cc1. The molecule has 0 aliphatic rings. The van der Waals surface area contributed by atoms with Crippen molar-refractivity contribution in [3.63, 3.8) is 0 Å². The number of unbranched alkanes of at least 4 members (excludes halogenated alkanes) is 6. The molecule has 1 amide bonds. The standard InChI is InChI=1S/C18H19NO4.C13H27NO/c1-13(22-2)17-12-15(8-11-18(17)19(20)21)5-4-14-6-9-16(23-3)10-7-14;1-3-5-7-9-11-14(13-15)12-10-8-6-4-2/h4-13H,1-3H3;13H,3-12H2,1-2H3/b5-4+;. The van der Waals surface area contributed by atoms with E-state index in [2.05, 4.69) is 13.8 Å². The maximum absolute atomic E-state index is 11.1. The van der Waals surface area contributed by atoms with Crippen molar-refractivity contribution in [1.29, 1.82) is 0 Å². The number of carbonyl (C=O) groups is 1. The summed E-state index contributed by atoms with van der Waals surface area (Å²) >= 11 is 0. The van der Waals surface area contributed by atoms with Crippen LogP contribution in [-0.2, 0) is 9.53 Å². The van der Waals surface area contributed by atoms with Crippen LogP contribution in [0.15, 0.2) is 42.5 Å². The summed E-state index contributed by atoms with van der Waals surface area (Å²) in [5, 5.41) is 11.1. The van der Waals surface area contributed by atoms with E-state index in [9.17, 15) is 14.9 Å². The highest BCUT2D eigenvalue weighted by molar-refractivity contribution is 5.71. The average Bonchev–Trinajstić information content (AvgIpc) is 2.95. The molecule has 0 N–H and O–H groups in total. The van der Waals surface area contributed by atoms with Gasteiger partial charge in [-0.2, -0.15) is 0 Å². The summed E-state index contributed by atoms with van der Waals surface area (Å²) in [6, 6.07) is 12.7. The van der Waals surface area contributed by atoms with Gasteiger partial charge in [0.05, 0.1) is 23.7 Å². The van der Waals surface area contributed by atoms with Gasteiger partial charge in [-0.3, -0.25) is 14.9 Å². The first kappa shape index (κ1) is 32.8. The number of nitrogens with zero attached hydrogens (tertiary/aromatic N) is 2. The Morgan fingerprint density at radius 2 is 1.42 bits per heavy atom. The minimum atomic E-state index is -0.387. The monoisotopic (exact) mass is 526 g/mol. The van der Waals surface area contributed by atoms with Crippen molar-refractivity contribution in [2.24, 2.45) is 0 Å². The minimum absolute atomic E-state index is 0.0703. The van der Waals surface area contributed by atoms with Crippen LogP contribution in [0.25, 0.3) is 12.2 Å². The van der Waals surface area contributed by atoms with Crippen LogP contribution < -0.4 is 4.74 Å². The van der Waals surface area contributed by atoms with Gasteiger partial charge in [0.2, 0.25) is 6.41 Å². The van der Waals surface area contributed by atoms with E-state index >= 15 is 0 Å². The number of rotatable bonds is 17. The second-order valence-corrected chi connectivity index (χ2v) is 9.32. The molecule has 0 heterocycles. The number of hydrogen-bond acceptors (Lipinski definition) is 5. The third-order valence-electron chi connectivity index (χ3n) is 6.37. The molecular formula is C31H46N2O5. The Kier molecular flexibility index (Phi) is 17.2. The van der Waals surface area contributed by atoms with E-state index in [0.29, 0.717) is 5.56 Å². The van der Waals surface area contributed by atoms with E-state index in [1.165, 1.54) is 64.5 Å². The van der Waals surface area contributed by atoms with Crippen LogP contribution in [0.2, 0.25) is 0 Å². The lowest BCUT2D eigenvalue weighted by Crippen LogP contribution is -2.24. The predicted molar refractivity (Wildman–Crippen MR) is 156 cm³/mol. The molecule has 1 atom stereocenters. The molecule has 0 spiro atoms. The zero-order chi connectivity index (χ0) is 28.2.